The first kappa shape index (κ1) is 24.6. The number of hydrogen-bond acceptors (Lipinski definition) is 2. The smallest absolute Gasteiger partial charge is 0.423 e. The van der Waals surface area contributed by atoms with E-state index in [9.17, 15) is 0 Å². The molecule has 0 heterocycles. The largest absolute Gasteiger partial charge is 0.577 e. The molecule has 0 rings (SSSR count). The molecule has 0 aliphatic rings. The number of nitroso groups, excluding NO2 is 2. The first-order chi connectivity index (χ1) is 9.24. The molecule has 0 aromatic rings. The molecule has 119 valence electrons. The fraction of sp³-hybridized carbons (Fsp3) is 1.00. The van der Waals surface area contributed by atoms with Crippen molar-refractivity contribution in [2.24, 2.45) is 0 Å². The van der Waals surface area contributed by atoms with Crippen LogP contribution in [0.25, 0.3) is 11.2 Å². The summed E-state index contributed by atoms with van der Waals surface area (Å²) >= 11 is 5.13. The zero-order valence-corrected chi connectivity index (χ0v) is 15.8. The summed E-state index contributed by atoms with van der Waals surface area (Å²) in [4.78, 5) is 14.5. The van der Waals surface area contributed by atoms with Crippen LogP contribution in [-0.2, 0) is 12.2 Å². The van der Waals surface area contributed by atoms with Crippen molar-refractivity contribution < 1.29 is 12.2 Å². The number of halogens is 1. The average Bonchev–Trinajstić information content (AvgIpc) is 2.51. The molecule has 0 radical (unpaired) electrons. The molecule has 19 heavy (non-hydrogen) atoms. The van der Waals surface area contributed by atoms with Gasteiger partial charge in [0.05, 0.1) is 0 Å². The molecule has 0 saturated heterocycles. The van der Waals surface area contributed by atoms with Crippen LogP contribution < -0.4 is 0 Å². The Morgan fingerprint density at radius 2 is 1.05 bits per heavy atom. The Morgan fingerprint density at radius 3 is 1.21 bits per heavy atom. The third kappa shape index (κ3) is 14.8. The fourth-order valence-electron chi connectivity index (χ4n) is 1.74. The minimum absolute atomic E-state index is 0.610. The van der Waals surface area contributed by atoms with Gasteiger partial charge in [0.2, 0.25) is 0 Å². The third-order valence-corrected chi connectivity index (χ3v) is 16.4. The quantitative estimate of drug-likeness (QED) is 0.335. The van der Waals surface area contributed by atoms with Gasteiger partial charge in [-0.3, -0.25) is 0 Å². The van der Waals surface area contributed by atoms with Crippen molar-refractivity contribution in [2.75, 3.05) is 18.5 Å². The first-order valence-corrected chi connectivity index (χ1v) is 13.2. The molecular weight excluding hydrogens is 371 g/mol. The topological polar surface area (TPSA) is 78.7 Å². The summed E-state index contributed by atoms with van der Waals surface area (Å²) in [5.74, 6) is 0. The van der Waals surface area contributed by atoms with E-state index in [-0.39, 0.29) is 0 Å². The van der Waals surface area contributed by atoms with Gasteiger partial charge in [-0.25, -0.2) is 0 Å². The molecule has 0 amide bonds. The zero-order valence-electron chi connectivity index (χ0n) is 12.3. The molecule has 0 aliphatic carbocycles. The van der Waals surface area contributed by atoms with Crippen LogP contribution in [0.4, 0.5) is 0 Å². The summed E-state index contributed by atoms with van der Waals surface area (Å²) in [6, 6.07) is 0. The summed E-state index contributed by atoms with van der Waals surface area (Å²) in [5.41, 5.74) is 10.9. The van der Waals surface area contributed by atoms with Gasteiger partial charge >= 0.3 is 110 Å². The Labute approximate surface area is 130 Å². The predicted molar refractivity (Wildman–Crippen MR) is 88.6 cm³/mol. The van der Waals surface area contributed by atoms with Crippen LogP contribution in [-0.4, -0.2) is 18.5 Å². The SMILES string of the molecule is CCCC[P](CCCC)(CCCC)=[Fe][Br].[N-]=O.[N-]=O. The van der Waals surface area contributed by atoms with Crippen molar-refractivity contribution in [2.45, 2.75) is 59.3 Å². The van der Waals surface area contributed by atoms with Crippen molar-refractivity contribution in [1.29, 1.82) is 0 Å². The molecule has 0 spiro atoms. The molecule has 0 bridgehead atoms. The molecular formula is C12H27BrFeN2O2P-2. The number of hydrogen-bond donors (Lipinski definition) is 0. The van der Waals surface area contributed by atoms with Crippen molar-refractivity contribution in [3.63, 3.8) is 0 Å². The molecule has 7 heteroatoms. The summed E-state index contributed by atoms with van der Waals surface area (Å²) in [7, 11) is 0. The Hall–Kier alpha value is 0.629. The van der Waals surface area contributed by atoms with Gasteiger partial charge in [0.25, 0.3) is 0 Å². The van der Waals surface area contributed by atoms with Gasteiger partial charge in [0, 0.05) is 0 Å². The predicted octanol–water partition coefficient (Wildman–Crippen LogP) is 6.36. The molecule has 0 fully saturated rings. The Bertz CT molecular complexity index is 203. The van der Waals surface area contributed by atoms with Crippen LogP contribution in [0, 0.1) is 9.81 Å². The van der Waals surface area contributed by atoms with E-state index in [4.69, 9.17) is 21.0 Å². The van der Waals surface area contributed by atoms with Crippen LogP contribution in [0.3, 0.4) is 0 Å². The van der Waals surface area contributed by atoms with Gasteiger partial charge in [0.1, 0.15) is 0 Å². The van der Waals surface area contributed by atoms with E-state index >= 15 is 0 Å². The standard InChI is InChI=1S/C12H27P.BrH.Fe.2NO/c1-4-7-10-13(11-8-5-2)12-9-6-3;;;2*1-2/h4-12H2,1-3H3;1H;;;/q;;+1;2*-1/p-1. The van der Waals surface area contributed by atoms with Crippen LogP contribution in [0.1, 0.15) is 59.3 Å². The van der Waals surface area contributed by atoms with Crippen LogP contribution in [0.5, 0.6) is 0 Å². The molecule has 0 saturated carbocycles. The Morgan fingerprint density at radius 1 is 0.789 bits per heavy atom. The maximum atomic E-state index is 7.25. The second-order valence-electron chi connectivity index (χ2n) is 4.30. The average molecular weight is 398 g/mol. The Kier molecular flexibility index (Phi) is 27.1. The monoisotopic (exact) mass is 397 g/mol. The van der Waals surface area contributed by atoms with E-state index in [1.54, 1.807) is 0 Å². The maximum absolute atomic E-state index is 7.25. The van der Waals surface area contributed by atoms with Gasteiger partial charge in [-0.1, -0.05) is 0 Å². The fourth-order valence-corrected chi connectivity index (χ4v) is 12.3. The molecule has 0 unspecified atom stereocenters. The van der Waals surface area contributed by atoms with E-state index < -0.39 is 5.51 Å². The third-order valence-electron chi connectivity index (χ3n) is 2.85. The van der Waals surface area contributed by atoms with E-state index in [0.717, 1.165) is 0 Å². The summed E-state index contributed by atoms with van der Waals surface area (Å²) < 4.78 is 0. The zero-order chi connectivity index (χ0) is 15.6. The van der Waals surface area contributed by atoms with Gasteiger partial charge in [0.15, 0.2) is 0 Å². The second kappa shape index (κ2) is 20.9. The number of nitrogens with zero attached hydrogens (tertiary/aromatic N) is 2. The molecule has 0 N–H and O–H groups in total. The molecule has 0 aromatic carbocycles. The van der Waals surface area contributed by atoms with Crippen LogP contribution >= 0.6 is 19.6 Å². The molecule has 4 nitrogen and oxygen atoms in total. The maximum Gasteiger partial charge on any atom is -0.423 e. The van der Waals surface area contributed by atoms with Crippen molar-refractivity contribution in [3.05, 3.63) is 21.0 Å². The molecule has 0 aliphatic heterocycles. The van der Waals surface area contributed by atoms with E-state index in [1.807, 2.05) is 0 Å². The van der Waals surface area contributed by atoms with E-state index in [0.29, 0.717) is 0 Å². The van der Waals surface area contributed by atoms with Crippen LogP contribution in [0.15, 0.2) is 0 Å². The van der Waals surface area contributed by atoms with Crippen molar-refractivity contribution in [1.82, 2.24) is 0 Å². The second-order valence-corrected chi connectivity index (χ2v) is 14.6. The molecule has 0 aromatic heterocycles. The number of unbranched alkanes of at least 4 members (excludes halogenated alkanes) is 3. The summed E-state index contributed by atoms with van der Waals surface area (Å²) in [5, 5.41) is 0. The normalized spacial score (nSPS) is 9.89. The van der Waals surface area contributed by atoms with E-state index in [2.05, 4.69) is 34.9 Å². The first-order valence-electron chi connectivity index (χ1n) is 6.73. The van der Waals surface area contributed by atoms with Crippen molar-refractivity contribution in [3.8, 4) is 0 Å². The molecule has 0 atom stereocenters. The summed E-state index contributed by atoms with van der Waals surface area (Å²) in [6.45, 7) is 6.97. The Balaban J connectivity index is -0.000000579. The van der Waals surface area contributed by atoms with Gasteiger partial charge < -0.3 is 21.0 Å². The van der Waals surface area contributed by atoms with Crippen LogP contribution in [0.2, 0.25) is 0 Å². The van der Waals surface area contributed by atoms with Gasteiger partial charge in [-0.15, -0.1) is 0 Å². The summed E-state index contributed by atoms with van der Waals surface area (Å²) in [6.07, 6.45) is 13.1. The van der Waals surface area contributed by atoms with E-state index in [1.165, 1.54) is 69.2 Å². The minimum atomic E-state index is -0.610. The van der Waals surface area contributed by atoms with Gasteiger partial charge in [-0.2, -0.15) is 0 Å². The van der Waals surface area contributed by atoms with Gasteiger partial charge in [-0.05, 0) is 0 Å². The minimum Gasteiger partial charge on any atom is -0.577 e. The van der Waals surface area contributed by atoms with Crippen molar-refractivity contribution >= 4 is 19.6 Å². The number of rotatable bonds is 9.